The molecule has 2 aromatic heterocycles. The zero-order chi connectivity index (χ0) is 22.0. The molecule has 4 N–H and O–H groups in total. The predicted octanol–water partition coefficient (Wildman–Crippen LogP) is 3.55. The van der Waals surface area contributed by atoms with Crippen LogP contribution >= 0.6 is 0 Å². The van der Waals surface area contributed by atoms with Crippen molar-refractivity contribution >= 4 is 28.7 Å². The number of carboxylic acid groups (broad SMARTS) is 1. The summed E-state index contributed by atoms with van der Waals surface area (Å²) in [6.07, 6.45) is 5.10. The number of hydrogen-bond acceptors (Lipinski definition) is 4. The molecule has 8 nitrogen and oxygen atoms in total. The number of carboxylic acids is 1. The van der Waals surface area contributed by atoms with Gasteiger partial charge in [0.25, 0.3) is 5.91 Å². The molecule has 1 atom stereocenters. The number of fused-ring (bicyclic) bond motifs is 1. The topological polar surface area (TPSA) is 124 Å². The molecule has 3 aromatic rings. The monoisotopic (exact) mass is 423 g/mol. The van der Waals surface area contributed by atoms with E-state index in [0.29, 0.717) is 16.8 Å². The summed E-state index contributed by atoms with van der Waals surface area (Å²) in [6.45, 7) is 0. The number of furan rings is 1. The van der Waals surface area contributed by atoms with Crippen LogP contribution in [0.3, 0.4) is 0 Å². The van der Waals surface area contributed by atoms with Crippen LogP contribution < -0.4 is 10.6 Å². The van der Waals surface area contributed by atoms with Crippen LogP contribution in [0.1, 0.15) is 53.1 Å². The highest BCUT2D eigenvalue weighted by molar-refractivity contribution is 5.97. The first-order valence-corrected chi connectivity index (χ1v) is 10.4. The molecule has 0 unspecified atom stereocenters. The maximum Gasteiger partial charge on any atom is 0.352 e. The van der Waals surface area contributed by atoms with E-state index in [4.69, 9.17) is 9.52 Å². The zero-order valence-corrected chi connectivity index (χ0v) is 17.2. The highest BCUT2D eigenvalue weighted by atomic mass is 16.4. The van der Waals surface area contributed by atoms with Gasteiger partial charge in [-0.2, -0.15) is 0 Å². The maximum atomic E-state index is 12.8. The van der Waals surface area contributed by atoms with E-state index in [2.05, 4.69) is 15.6 Å². The van der Waals surface area contributed by atoms with Gasteiger partial charge in [-0.1, -0.05) is 31.4 Å². The van der Waals surface area contributed by atoms with E-state index < -0.39 is 17.9 Å². The lowest BCUT2D eigenvalue weighted by Crippen LogP contribution is -2.50. The Hall–Kier alpha value is -3.55. The summed E-state index contributed by atoms with van der Waals surface area (Å²) in [4.78, 5) is 39.2. The summed E-state index contributed by atoms with van der Waals surface area (Å²) in [5.74, 6) is -0.938. The van der Waals surface area contributed by atoms with E-state index in [9.17, 15) is 14.4 Å². The van der Waals surface area contributed by atoms with Crippen LogP contribution in [-0.4, -0.2) is 41.0 Å². The van der Waals surface area contributed by atoms with Crippen LogP contribution in [0.25, 0.3) is 22.2 Å². The molecule has 4 rings (SSSR count). The van der Waals surface area contributed by atoms with E-state index in [-0.39, 0.29) is 23.3 Å². The second kappa shape index (κ2) is 8.67. The molecule has 0 bridgehead atoms. The van der Waals surface area contributed by atoms with Gasteiger partial charge in [0.15, 0.2) is 5.76 Å². The Balaban J connectivity index is 1.53. The molecule has 1 fully saturated rings. The molecule has 2 amide bonds. The van der Waals surface area contributed by atoms with Crippen molar-refractivity contribution in [2.24, 2.45) is 5.92 Å². The Morgan fingerprint density at radius 2 is 1.87 bits per heavy atom. The second-order valence-corrected chi connectivity index (χ2v) is 7.92. The van der Waals surface area contributed by atoms with Gasteiger partial charge in [0.1, 0.15) is 17.5 Å². The van der Waals surface area contributed by atoms with Gasteiger partial charge in [-0.05, 0) is 43.0 Å². The van der Waals surface area contributed by atoms with Crippen LogP contribution in [0.15, 0.2) is 40.8 Å². The van der Waals surface area contributed by atoms with Crippen LogP contribution in [0, 0.1) is 5.92 Å². The SMILES string of the molecule is CNC(=O)[C@@H](NC(=O)c1ccc(-c2ccc3cc(C(=O)O)[nH]c3c2)o1)C1CCCCC1. The smallest absolute Gasteiger partial charge is 0.352 e. The Morgan fingerprint density at radius 3 is 2.58 bits per heavy atom. The first-order chi connectivity index (χ1) is 15.0. The molecule has 162 valence electrons. The number of likely N-dealkylation sites (N-methyl/N-ethyl adjacent to an activating group) is 1. The zero-order valence-electron chi connectivity index (χ0n) is 17.2. The van der Waals surface area contributed by atoms with Crippen molar-refractivity contribution in [1.29, 1.82) is 0 Å². The molecule has 1 aliphatic rings. The fraction of sp³-hybridized carbons (Fsp3) is 0.348. The molecule has 1 aromatic carbocycles. The Kier molecular flexibility index (Phi) is 5.79. The fourth-order valence-corrected chi connectivity index (χ4v) is 4.24. The summed E-state index contributed by atoms with van der Waals surface area (Å²) in [7, 11) is 1.57. The number of aromatic nitrogens is 1. The van der Waals surface area contributed by atoms with E-state index in [1.54, 1.807) is 43.4 Å². The third-order valence-corrected chi connectivity index (χ3v) is 5.90. The van der Waals surface area contributed by atoms with Gasteiger partial charge in [-0.25, -0.2) is 4.79 Å². The third kappa shape index (κ3) is 4.33. The van der Waals surface area contributed by atoms with Gasteiger partial charge < -0.3 is 25.1 Å². The number of aromatic amines is 1. The summed E-state index contributed by atoms with van der Waals surface area (Å²) in [5, 5.41) is 15.4. The molecule has 0 radical (unpaired) electrons. The molecule has 1 saturated carbocycles. The molecule has 8 heteroatoms. The summed E-state index contributed by atoms with van der Waals surface area (Å²) in [5.41, 5.74) is 1.48. The molecule has 31 heavy (non-hydrogen) atoms. The van der Waals surface area contributed by atoms with Crippen LogP contribution in [0.5, 0.6) is 0 Å². The minimum Gasteiger partial charge on any atom is -0.477 e. The Morgan fingerprint density at radius 1 is 1.10 bits per heavy atom. The van der Waals surface area contributed by atoms with Crippen molar-refractivity contribution in [3.63, 3.8) is 0 Å². The van der Waals surface area contributed by atoms with Gasteiger partial charge in [0.2, 0.25) is 5.91 Å². The summed E-state index contributed by atoms with van der Waals surface area (Å²) >= 11 is 0. The quantitative estimate of drug-likeness (QED) is 0.483. The minimum absolute atomic E-state index is 0.106. The molecule has 0 saturated heterocycles. The number of hydrogen-bond donors (Lipinski definition) is 4. The number of benzene rings is 1. The number of aromatic carboxylic acids is 1. The van der Waals surface area contributed by atoms with Crippen molar-refractivity contribution < 1.29 is 23.9 Å². The average Bonchev–Trinajstić information content (AvgIpc) is 3.44. The van der Waals surface area contributed by atoms with Crippen molar-refractivity contribution in [2.75, 3.05) is 7.05 Å². The van der Waals surface area contributed by atoms with Crippen molar-refractivity contribution in [1.82, 2.24) is 15.6 Å². The van der Waals surface area contributed by atoms with Crippen molar-refractivity contribution in [3.05, 3.63) is 47.9 Å². The maximum absolute atomic E-state index is 12.8. The van der Waals surface area contributed by atoms with Crippen LogP contribution in [0.4, 0.5) is 0 Å². The van der Waals surface area contributed by atoms with Crippen molar-refractivity contribution in [2.45, 2.75) is 38.1 Å². The standard InChI is InChI=1S/C23H25N3O5/c1-24-22(28)20(13-5-3-2-4-6-13)26-21(27)19-10-9-18(31-19)15-8-7-14-11-17(23(29)30)25-16(14)12-15/h7-13,20,25H,2-6H2,1H3,(H,24,28)(H,26,27)(H,29,30)/t20-/m0/s1. The van der Waals surface area contributed by atoms with Gasteiger partial charge in [-0.3, -0.25) is 9.59 Å². The first-order valence-electron chi connectivity index (χ1n) is 10.4. The molecule has 0 spiro atoms. The van der Waals surface area contributed by atoms with E-state index in [1.807, 2.05) is 0 Å². The normalized spacial score (nSPS) is 15.5. The van der Waals surface area contributed by atoms with Gasteiger partial charge in [0, 0.05) is 23.5 Å². The molecule has 1 aliphatic carbocycles. The molecule has 2 heterocycles. The van der Waals surface area contributed by atoms with Crippen LogP contribution in [0.2, 0.25) is 0 Å². The van der Waals surface area contributed by atoms with E-state index in [1.165, 1.54) is 0 Å². The number of carbonyl (C=O) groups excluding carboxylic acids is 2. The summed E-state index contributed by atoms with van der Waals surface area (Å²) in [6, 6.07) is 9.61. The van der Waals surface area contributed by atoms with Crippen molar-refractivity contribution in [3.8, 4) is 11.3 Å². The van der Waals surface area contributed by atoms with Crippen LogP contribution in [-0.2, 0) is 4.79 Å². The second-order valence-electron chi connectivity index (χ2n) is 7.92. The highest BCUT2D eigenvalue weighted by Gasteiger charge is 2.31. The fourth-order valence-electron chi connectivity index (χ4n) is 4.24. The average molecular weight is 423 g/mol. The largest absolute Gasteiger partial charge is 0.477 e. The molecular weight excluding hydrogens is 398 g/mol. The van der Waals surface area contributed by atoms with E-state index in [0.717, 1.165) is 37.5 Å². The number of H-pyrrole nitrogens is 1. The number of rotatable bonds is 6. The lowest BCUT2D eigenvalue weighted by molar-refractivity contribution is -0.124. The lowest BCUT2D eigenvalue weighted by Gasteiger charge is -2.29. The first kappa shape index (κ1) is 20.7. The number of nitrogens with one attached hydrogen (secondary N) is 3. The van der Waals surface area contributed by atoms with E-state index >= 15 is 0 Å². The Bertz CT molecular complexity index is 1120. The van der Waals surface area contributed by atoms with Gasteiger partial charge in [0.05, 0.1) is 0 Å². The predicted molar refractivity (Wildman–Crippen MR) is 115 cm³/mol. The molecule has 0 aliphatic heterocycles. The Labute approximate surface area is 179 Å². The van der Waals surface area contributed by atoms with Gasteiger partial charge >= 0.3 is 5.97 Å². The minimum atomic E-state index is -1.03. The lowest BCUT2D eigenvalue weighted by atomic mass is 9.83. The summed E-state index contributed by atoms with van der Waals surface area (Å²) < 4.78 is 5.76. The number of amides is 2. The molecular formula is C23H25N3O5. The highest BCUT2D eigenvalue weighted by Crippen LogP contribution is 2.28. The van der Waals surface area contributed by atoms with Gasteiger partial charge in [-0.15, -0.1) is 0 Å². The third-order valence-electron chi connectivity index (χ3n) is 5.90. The number of carbonyl (C=O) groups is 3.